The number of nitrogens with two attached hydrogens (primary N) is 1. The highest BCUT2D eigenvalue weighted by Gasteiger charge is 2.35. The molecule has 0 bridgehead atoms. The van der Waals surface area contributed by atoms with Gasteiger partial charge >= 0.3 is 0 Å². The van der Waals surface area contributed by atoms with Crippen molar-refractivity contribution in [1.29, 1.82) is 0 Å². The minimum absolute atomic E-state index is 0.0341. The van der Waals surface area contributed by atoms with E-state index >= 15 is 0 Å². The van der Waals surface area contributed by atoms with Crippen LogP contribution in [0.2, 0.25) is 0 Å². The van der Waals surface area contributed by atoms with Gasteiger partial charge in [0.25, 0.3) is 0 Å². The third kappa shape index (κ3) is 4.06. The molecular formula is C18H30N2O. The van der Waals surface area contributed by atoms with Gasteiger partial charge in [-0.25, -0.2) is 0 Å². The number of benzene rings is 1. The van der Waals surface area contributed by atoms with Gasteiger partial charge in [0.1, 0.15) is 0 Å². The average Bonchev–Trinajstić information content (AvgIpc) is 2.51. The molecule has 0 saturated heterocycles. The van der Waals surface area contributed by atoms with Crippen LogP contribution in [0.15, 0.2) is 30.3 Å². The molecule has 3 N–H and O–H groups in total. The Hall–Kier alpha value is -0.900. The van der Waals surface area contributed by atoms with Crippen molar-refractivity contribution >= 4 is 0 Å². The second-order valence-electron chi connectivity index (χ2n) is 6.51. The number of hydrazine groups is 1. The topological polar surface area (TPSA) is 47.3 Å². The fourth-order valence-electron chi connectivity index (χ4n) is 3.62. The number of rotatable bonds is 6. The van der Waals surface area contributed by atoms with Crippen LogP contribution < -0.4 is 11.3 Å². The van der Waals surface area contributed by atoms with Crippen LogP contribution in [0.4, 0.5) is 0 Å². The average molecular weight is 290 g/mol. The zero-order valence-electron chi connectivity index (χ0n) is 13.6. The summed E-state index contributed by atoms with van der Waals surface area (Å²) in [6.07, 6.45) is 3.78. The molecule has 1 aromatic rings. The monoisotopic (exact) mass is 290 g/mol. The van der Waals surface area contributed by atoms with Crippen molar-refractivity contribution in [2.45, 2.75) is 52.2 Å². The summed E-state index contributed by atoms with van der Waals surface area (Å²) in [4.78, 5) is 0. The lowest BCUT2D eigenvalue weighted by Crippen LogP contribution is -2.47. The van der Waals surface area contributed by atoms with Crippen molar-refractivity contribution in [2.75, 3.05) is 6.61 Å². The molecule has 0 aliphatic heterocycles. The first kappa shape index (κ1) is 16.5. The predicted molar refractivity (Wildman–Crippen MR) is 87.6 cm³/mol. The van der Waals surface area contributed by atoms with E-state index in [1.807, 2.05) is 6.07 Å². The van der Waals surface area contributed by atoms with Crippen LogP contribution >= 0.6 is 0 Å². The Morgan fingerprint density at radius 1 is 1.19 bits per heavy atom. The Morgan fingerprint density at radius 2 is 1.90 bits per heavy atom. The fraction of sp³-hybridized carbons (Fsp3) is 0.667. The highest BCUT2D eigenvalue weighted by Crippen LogP contribution is 2.38. The van der Waals surface area contributed by atoms with E-state index in [2.05, 4.69) is 50.5 Å². The molecule has 5 atom stereocenters. The normalized spacial score (nSPS) is 29.0. The highest BCUT2D eigenvalue weighted by molar-refractivity contribution is 5.19. The van der Waals surface area contributed by atoms with E-state index in [1.54, 1.807) is 0 Å². The SMILES string of the molecule is CCOC(c1ccccc1)C(NN)C1CCC(C)C(C)C1. The van der Waals surface area contributed by atoms with Crippen LogP contribution in [-0.4, -0.2) is 12.6 Å². The van der Waals surface area contributed by atoms with E-state index in [-0.39, 0.29) is 12.1 Å². The van der Waals surface area contributed by atoms with Crippen molar-refractivity contribution in [2.24, 2.45) is 23.6 Å². The van der Waals surface area contributed by atoms with Crippen LogP contribution in [0.3, 0.4) is 0 Å². The van der Waals surface area contributed by atoms with Gasteiger partial charge in [-0.3, -0.25) is 11.3 Å². The summed E-state index contributed by atoms with van der Waals surface area (Å²) in [7, 11) is 0. The molecule has 1 aromatic carbocycles. The minimum Gasteiger partial charge on any atom is -0.372 e. The molecule has 0 aromatic heterocycles. The number of hydrogen-bond donors (Lipinski definition) is 2. The molecule has 2 rings (SSSR count). The fourth-order valence-corrected chi connectivity index (χ4v) is 3.62. The zero-order valence-corrected chi connectivity index (χ0v) is 13.6. The van der Waals surface area contributed by atoms with Gasteiger partial charge in [0.05, 0.1) is 12.1 Å². The summed E-state index contributed by atoms with van der Waals surface area (Å²) in [6, 6.07) is 10.6. The lowest BCUT2D eigenvalue weighted by atomic mass is 9.72. The van der Waals surface area contributed by atoms with Gasteiger partial charge in [-0.05, 0) is 43.1 Å². The van der Waals surface area contributed by atoms with Gasteiger partial charge in [-0.2, -0.15) is 0 Å². The Bertz CT molecular complexity index is 409. The second-order valence-corrected chi connectivity index (χ2v) is 6.51. The predicted octanol–water partition coefficient (Wildman–Crippen LogP) is 3.67. The third-order valence-electron chi connectivity index (χ3n) is 5.14. The molecular weight excluding hydrogens is 260 g/mol. The smallest absolute Gasteiger partial charge is 0.0993 e. The van der Waals surface area contributed by atoms with Gasteiger partial charge in [0.15, 0.2) is 0 Å². The maximum Gasteiger partial charge on any atom is 0.0993 e. The quantitative estimate of drug-likeness (QED) is 0.621. The Balaban J connectivity index is 2.16. The zero-order chi connectivity index (χ0) is 15.2. The molecule has 0 amide bonds. The molecule has 1 aliphatic carbocycles. The standard InChI is InChI=1S/C18H30N2O/c1-4-21-18(15-8-6-5-7-9-15)17(20-19)16-11-10-13(2)14(3)12-16/h5-9,13-14,16-18,20H,4,10-12,19H2,1-3H3. The lowest BCUT2D eigenvalue weighted by molar-refractivity contribution is 0.00240. The second kappa shape index (κ2) is 7.92. The molecule has 0 radical (unpaired) electrons. The van der Waals surface area contributed by atoms with Crippen LogP contribution in [0.25, 0.3) is 0 Å². The molecule has 0 spiro atoms. The van der Waals surface area contributed by atoms with E-state index < -0.39 is 0 Å². The summed E-state index contributed by atoms with van der Waals surface area (Å²) < 4.78 is 6.05. The van der Waals surface area contributed by atoms with Crippen LogP contribution in [-0.2, 0) is 4.74 Å². The van der Waals surface area contributed by atoms with Crippen molar-refractivity contribution in [1.82, 2.24) is 5.43 Å². The molecule has 1 fully saturated rings. The van der Waals surface area contributed by atoms with E-state index in [4.69, 9.17) is 10.6 Å². The van der Waals surface area contributed by atoms with Crippen LogP contribution in [0.1, 0.15) is 51.7 Å². The molecule has 5 unspecified atom stereocenters. The Labute approximate surface area is 129 Å². The summed E-state index contributed by atoms with van der Waals surface area (Å²) in [5.74, 6) is 8.09. The molecule has 1 saturated carbocycles. The van der Waals surface area contributed by atoms with Gasteiger partial charge in [-0.1, -0.05) is 50.6 Å². The van der Waals surface area contributed by atoms with Crippen LogP contribution in [0.5, 0.6) is 0 Å². The molecule has 3 heteroatoms. The third-order valence-corrected chi connectivity index (χ3v) is 5.14. The summed E-state index contributed by atoms with van der Waals surface area (Å²) in [5.41, 5.74) is 4.28. The summed E-state index contributed by atoms with van der Waals surface area (Å²) in [5, 5.41) is 0. The van der Waals surface area contributed by atoms with Crippen molar-refractivity contribution in [3.8, 4) is 0 Å². The number of hydrogen-bond acceptors (Lipinski definition) is 3. The summed E-state index contributed by atoms with van der Waals surface area (Å²) >= 11 is 0. The first-order valence-corrected chi connectivity index (χ1v) is 8.30. The van der Waals surface area contributed by atoms with Crippen LogP contribution in [0, 0.1) is 17.8 Å². The minimum atomic E-state index is 0.0341. The molecule has 21 heavy (non-hydrogen) atoms. The summed E-state index contributed by atoms with van der Waals surface area (Å²) in [6.45, 7) is 7.48. The van der Waals surface area contributed by atoms with Crippen molar-refractivity contribution < 1.29 is 4.74 Å². The van der Waals surface area contributed by atoms with E-state index in [9.17, 15) is 0 Å². The maximum absolute atomic E-state index is 6.05. The molecule has 118 valence electrons. The van der Waals surface area contributed by atoms with Gasteiger partial charge in [-0.15, -0.1) is 0 Å². The first-order chi connectivity index (χ1) is 10.2. The molecule has 1 aliphatic rings. The number of nitrogens with one attached hydrogen (secondary N) is 1. The lowest BCUT2D eigenvalue weighted by Gasteiger charge is -2.39. The maximum atomic E-state index is 6.05. The Morgan fingerprint density at radius 3 is 2.48 bits per heavy atom. The molecule has 0 heterocycles. The van der Waals surface area contributed by atoms with E-state index in [1.165, 1.54) is 24.8 Å². The van der Waals surface area contributed by atoms with Crippen molar-refractivity contribution in [3.05, 3.63) is 35.9 Å². The van der Waals surface area contributed by atoms with Crippen molar-refractivity contribution in [3.63, 3.8) is 0 Å². The molecule has 3 nitrogen and oxygen atoms in total. The van der Waals surface area contributed by atoms with Gasteiger partial charge < -0.3 is 4.74 Å². The van der Waals surface area contributed by atoms with Gasteiger partial charge in [0.2, 0.25) is 0 Å². The van der Waals surface area contributed by atoms with E-state index in [0.29, 0.717) is 12.5 Å². The first-order valence-electron chi connectivity index (χ1n) is 8.30. The Kier molecular flexibility index (Phi) is 6.22. The van der Waals surface area contributed by atoms with Gasteiger partial charge in [0, 0.05) is 6.61 Å². The highest BCUT2D eigenvalue weighted by atomic mass is 16.5. The largest absolute Gasteiger partial charge is 0.372 e. The van der Waals surface area contributed by atoms with E-state index in [0.717, 1.165) is 11.8 Å². The number of ether oxygens (including phenoxy) is 1.